The number of nitrogens with zero attached hydrogens (tertiary/aromatic N) is 4. The molecule has 0 atom stereocenters. The SMILES string of the molecule is c1ccc(-n2c3ccccc3c3c4c5cnccc5c5nccn5c4ccc32)cc1. The van der Waals surface area contributed by atoms with Crippen LogP contribution in [0.3, 0.4) is 0 Å². The molecule has 3 aromatic carbocycles. The third-order valence-electron chi connectivity index (χ3n) is 6.06. The molecule has 0 aliphatic heterocycles. The highest BCUT2D eigenvalue weighted by Gasteiger charge is 2.18. The average Bonchev–Trinajstić information content (AvgIpc) is 3.43. The van der Waals surface area contributed by atoms with E-state index in [0.717, 1.165) is 27.6 Å². The molecule has 7 rings (SSSR count). The van der Waals surface area contributed by atoms with Gasteiger partial charge in [0.1, 0.15) is 5.65 Å². The van der Waals surface area contributed by atoms with Gasteiger partial charge in [0.15, 0.2) is 0 Å². The Morgan fingerprint density at radius 2 is 1.40 bits per heavy atom. The molecule has 0 bridgehead atoms. The minimum atomic E-state index is 0.964. The Hall–Kier alpha value is -4.18. The Morgan fingerprint density at radius 3 is 2.33 bits per heavy atom. The van der Waals surface area contributed by atoms with Crippen LogP contribution in [0.2, 0.25) is 0 Å². The zero-order valence-corrected chi connectivity index (χ0v) is 16.0. The van der Waals surface area contributed by atoms with E-state index in [1.54, 1.807) is 0 Å². The average molecular weight is 384 g/mol. The number of hydrogen-bond donors (Lipinski definition) is 0. The standard InChI is InChI=1S/C26H16N4/c1-2-6-17(7-3-1)30-21-9-5-4-8-19(21)24-23(30)11-10-22-25(24)20-16-27-13-12-18(20)26-28-14-15-29(22)26/h1-16H. The third-order valence-corrected chi connectivity index (χ3v) is 6.06. The molecular formula is C26H16N4. The number of hydrogen-bond acceptors (Lipinski definition) is 2. The lowest BCUT2D eigenvalue weighted by Crippen LogP contribution is -1.94. The summed E-state index contributed by atoms with van der Waals surface area (Å²) in [5.41, 5.74) is 5.67. The topological polar surface area (TPSA) is 35.1 Å². The Kier molecular flexibility index (Phi) is 2.97. The summed E-state index contributed by atoms with van der Waals surface area (Å²) in [4.78, 5) is 9.08. The Bertz CT molecular complexity index is 1740. The van der Waals surface area contributed by atoms with Crippen molar-refractivity contribution in [3.63, 3.8) is 0 Å². The van der Waals surface area contributed by atoms with E-state index >= 15 is 0 Å². The molecule has 0 saturated carbocycles. The number of aromatic nitrogens is 4. The van der Waals surface area contributed by atoms with Crippen LogP contribution in [-0.2, 0) is 0 Å². The zero-order chi connectivity index (χ0) is 19.7. The molecule has 0 unspecified atom stereocenters. The fourth-order valence-electron chi connectivity index (χ4n) is 4.86. The van der Waals surface area contributed by atoms with Gasteiger partial charge in [-0.05, 0) is 36.4 Å². The first-order valence-electron chi connectivity index (χ1n) is 10.0. The molecule has 4 heteroatoms. The number of imidazole rings is 1. The largest absolute Gasteiger partial charge is 0.309 e. The minimum Gasteiger partial charge on any atom is -0.309 e. The molecule has 4 aromatic heterocycles. The van der Waals surface area contributed by atoms with Gasteiger partial charge in [0.05, 0.1) is 16.6 Å². The molecule has 0 N–H and O–H groups in total. The summed E-state index contributed by atoms with van der Waals surface area (Å²) in [6.07, 6.45) is 7.72. The molecule has 0 fully saturated rings. The molecule has 0 amide bonds. The van der Waals surface area contributed by atoms with E-state index in [4.69, 9.17) is 0 Å². The lowest BCUT2D eigenvalue weighted by Gasteiger charge is -2.11. The van der Waals surface area contributed by atoms with Gasteiger partial charge in [-0.1, -0.05) is 36.4 Å². The molecule has 7 aromatic rings. The van der Waals surface area contributed by atoms with Gasteiger partial charge in [0.25, 0.3) is 0 Å². The van der Waals surface area contributed by atoms with Crippen molar-refractivity contribution in [2.24, 2.45) is 0 Å². The Balaban J connectivity index is 1.83. The van der Waals surface area contributed by atoms with Crippen LogP contribution in [-0.4, -0.2) is 18.9 Å². The van der Waals surface area contributed by atoms with Gasteiger partial charge in [0, 0.05) is 57.4 Å². The summed E-state index contributed by atoms with van der Waals surface area (Å²) in [6, 6.07) is 25.7. The van der Waals surface area contributed by atoms with Crippen molar-refractivity contribution in [1.82, 2.24) is 18.9 Å². The van der Waals surface area contributed by atoms with E-state index < -0.39 is 0 Å². The van der Waals surface area contributed by atoms with E-state index in [9.17, 15) is 0 Å². The summed E-state index contributed by atoms with van der Waals surface area (Å²) in [7, 11) is 0. The Labute approximate surface area is 171 Å². The number of para-hydroxylation sites is 2. The highest BCUT2D eigenvalue weighted by Crippen LogP contribution is 2.40. The van der Waals surface area contributed by atoms with Crippen LogP contribution in [0, 0.1) is 0 Å². The quantitative estimate of drug-likeness (QED) is 0.319. The number of pyridine rings is 2. The number of benzene rings is 3. The van der Waals surface area contributed by atoms with E-state index in [2.05, 4.69) is 91.7 Å². The van der Waals surface area contributed by atoms with Crippen molar-refractivity contribution in [2.45, 2.75) is 0 Å². The summed E-state index contributed by atoms with van der Waals surface area (Å²) >= 11 is 0. The van der Waals surface area contributed by atoms with Gasteiger partial charge in [-0.15, -0.1) is 0 Å². The summed E-state index contributed by atoms with van der Waals surface area (Å²) in [6.45, 7) is 0. The van der Waals surface area contributed by atoms with Crippen LogP contribution >= 0.6 is 0 Å². The van der Waals surface area contributed by atoms with Gasteiger partial charge in [-0.3, -0.25) is 9.38 Å². The predicted octanol–water partition coefficient (Wildman–Crippen LogP) is 6.13. The normalized spacial score (nSPS) is 12.0. The fraction of sp³-hybridized carbons (Fsp3) is 0. The lowest BCUT2D eigenvalue weighted by atomic mass is 10.0. The van der Waals surface area contributed by atoms with Crippen molar-refractivity contribution in [2.75, 3.05) is 0 Å². The molecule has 4 heterocycles. The molecule has 30 heavy (non-hydrogen) atoms. The molecular weight excluding hydrogens is 368 g/mol. The van der Waals surface area contributed by atoms with Crippen LogP contribution in [0.5, 0.6) is 0 Å². The van der Waals surface area contributed by atoms with Crippen molar-refractivity contribution < 1.29 is 0 Å². The van der Waals surface area contributed by atoms with Crippen molar-refractivity contribution in [3.05, 3.63) is 97.6 Å². The van der Waals surface area contributed by atoms with Gasteiger partial charge < -0.3 is 4.57 Å². The maximum atomic E-state index is 4.62. The van der Waals surface area contributed by atoms with Gasteiger partial charge >= 0.3 is 0 Å². The summed E-state index contributed by atoms with van der Waals surface area (Å²) < 4.78 is 4.54. The molecule has 0 saturated heterocycles. The van der Waals surface area contributed by atoms with E-state index in [0.29, 0.717) is 0 Å². The van der Waals surface area contributed by atoms with Gasteiger partial charge in [-0.2, -0.15) is 0 Å². The highest BCUT2D eigenvalue weighted by molar-refractivity contribution is 6.28. The summed E-state index contributed by atoms with van der Waals surface area (Å²) in [5, 5.41) is 5.96. The molecule has 0 aliphatic carbocycles. The maximum Gasteiger partial charge on any atom is 0.145 e. The van der Waals surface area contributed by atoms with E-state index in [-0.39, 0.29) is 0 Å². The first kappa shape index (κ1) is 15.7. The maximum absolute atomic E-state index is 4.62. The van der Waals surface area contributed by atoms with Crippen LogP contribution in [0.15, 0.2) is 97.6 Å². The second kappa shape index (κ2) is 5.67. The lowest BCUT2D eigenvalue weighted by molar-refractivity contribution is 1.18. The van der Waals surface area contributed by atoms with E-state index in [1.165, 1.54) is 27.2 Å². The highest BCUT2D eigenvalue weighted by atomic mass is 15.0. The second-order valence-corrected chi connectivity index (χ2v) is 7.58. The van der Waals surface area contributed by atoms with Crippen molar-refractivity contribution in [1.29, 1.82) is 0 Å². The fourth-order valence-corrected chi connectivity index (χ4v) is 4.86. The molecule has 4 nitrogen and oxygen atoms in total. The first-order chi connectivity index (χ1) is 14.9. The smallest absolute Gasteiger partial charge is 0.145 e. The van der Waals surface area contributed by atoms with Crippen LogP contribution in [0.4, 0.5) is 0 Å². The molecule has 0 aliphatic rings. The third kappa shape index (κ3) is 1.90. The van der Waals surface area contributed by atoms with E-state index in [1.807, 2.05) is 24.8 Å². The van der Waals surface area contributed by atoms with Crippen molar-refractivity contribution in [3.8, 4) is 5.69 Å². The summed E-state index contributed by atoms with van der Waals surface area (Å²) in [5.74, 6) is 0. The van der Waals surface area contributed by atoms with Crippen molar-refractivity contribution >= 4 is 49.1 Å². The number of fused-ring (bicyclic) bond motifs is 10. The monoisotopic (exact) mass is 384 g/mol. The van der Waals surface area contributed by atoms with Crippen LogP contribution < -0.4 is 0 Å². The second-order valence-electron chi connectivity index (χ2n) is 7.58. The molecule has 140 valence electrons. The molecule has 0 spiro atoms. The number of rotatable bonds is 1. The zero-order valence-electron chi connectivity index (χ0n) is 16.0. The minimum absolute atomic E-state index is 0.964. The van der Waals surface area contributed by atoms with Crippen LogP contribution in [0.25, 0.3) is 54.8 Å². The van der Waals surface area contributed by atoms with Gasteiger partial charge in [0.2, 0.25) is 0 Å². The van der Waals surface area contributed by atoms with Crippen LogP contribution in [0.1, 0.15) is 0 Å². The predicted molar refractivity (Wildman–Crippen MR) is 122 cm³/mol. The Morgan fingerprint density at radius 1 is 0.600 bits per heavy atom. The van der Waals surface area contributed by atoms with Gasteiger partial charge in [-0.25, -0.2) is 4.98 Å². The molecule has 0 radical (unpaired) electrons. The first-order valence-corrected chi connectivity index (χ1v) is 10.0.